The van der Waals surface area contributed by atoms with Gasteiger partial charge < -0.3 is 15.4 Å². The molecular formula is C14H19N3O4. The number of amides is 1. The molecular weight excluding hydrogens is 274 g/mol. The van der Waals surface area contributed by atoms with Crippen molar-refractivity contribution in [2.24, 2.45) is 5.92 Å². The van der Waals surface area contributed by atoms with Crippen LogP contribution in [0.3, 0.4) is 0 Å². The summed E-state index contributed by atoms with van der Waals surface area (Å²) < 4.78 is 5.10. The molecule has 7 nitrogen and oxygen atoms in total. The fourth-order valence-corrected chi connectivity index (χ4v) is 2.45. The molecule has 0 atom stereocenters. The first kappa shape index (κ1) is 15.2. The Hall–Kier alpha value is -2.15. The predicted molar refractivity (Wildman–Crippen MR) is 78.5 cm³/mol. The number of methoxy groups -OCH3 is 1. The Morgan fingerprint density at radius 3 is 2.81 bits per heavy atom. The highest BCUT2D eigenvalue weighted by molar-refractivity contribution is 5.92. The highest BCUT2D eigenvalue weighted by Gasteiger charge is 2.18. The number of nitro benzene ring substituents is 1. The van der Waals surface area contributed by atoms with E-state index in [0.29, 0.717) is 23.8 Å². The number of hydrogen-bond acceptors (Lipinski definition) is 5. The summed E-state index contributed by atoms with van der Waals surface area (Å²) in [5.41, 5.74) is 0.394. The Balaban J connectivity index is 2.00. The lowest BCUT2D eigenvalue weighted by Crippen LogP contribution is -2.30. The molecule has 0 saturated carbocycles. The Labute approximate surface area is 122 Å². The minimum atomic E-state index is -0.497. The number of non-ortho nitro benzene ring substituents is 1. The van der Waals surface area contributed by atoms with Gasteiger partial charge in [0.25, 0.3) is 5.69 Å². The lowest BCUT2D eigenvalue weighted by molar-refractivity contribution is -0.384. The van der Waals surface area contributed by atoms with E-state index in [1.165, 1.54) is 25.3 Å². The third kappa shape index (κ3) is 4.16. The zero-order valence-electron chi connectivity index (χ0n) is 11.9. The molecule has 1 aliphatic heterocycles. The fourth-order valence-electron chi connectivity index (χ4n) is 2.45. The SMILES string of the molecule is COc1cc([N+](=O)[O-])ccc1NC(=O)CC1CCNCC1. The van der Waals surface area contributed by atoms with Crippen molar-refractivity contribution in [2.75, 3.05) is 25.5 Å². The molecule has 114 valence electrons. The topological polar surface area (TPSA) is 93.5 Å². The van der Waals surface area contributed by atoms with E-state index in [4.69, 9.17) is 4.74 Å². The largest absolute Gasteiger partial charge is 0.494 e. The first-order valence-electron chi connectivity index (χ1n) is 6.93. The summed E-state index contributed by atoms with van der Waals surface area (Å²) in [6.45, 7) is 1.89. The number of nitro groups is 1. The second kappa shape index (κ2) is 7.03. The van der Waals surface area contributed by atoms with Crippen LogP contribution in [0.15, 0.2) is 18.2 Å². The first-order valence-corrected chi connectivity index (χ1v) is 6.93. The number of hydrogen-bond donors (Lipinski definition) is 2. The molecule has 1 heterocycles. The number of rotatable bonds is 5. The van der Waals surface area contributed by atoms with Gasteiger partial charge in [0.15, 0.2) is 0 Å². The summed E-state index contributed by atoms with van der Waals surface area (Å²) in [5.74, 6) is 0.590. The first-order chi connectivity index (χ1) is 10.1. The Morgan fingerprint density at radius 1 is 1.48 bits per heavy atom. The molecule has 0 aliphatic carbocycles. The van der Waals surface area contributed by atoms with Crippen LogP contribution in [0.5, 0.6) is 5.75 Å². The van der Waals surface area contributed by atoms with E-state index in [0.717, 1.165) is 25.9 Å². The van der Waals surface area contributed by atoms with Crippen LogP contribution in [0.1, 0.15) is 19.3 Å². The fraction of sp³-hybridized carbons (Fsp3) is 0.500. The average Bonchev–Trinajstić information content (AvgIpc) is 2.48. The van der Waals surface area contributed by atoms with Crippen LogP contribution in [0.2, 0.25) is 0 Å². The average molecular weight is 293 g/mol. The van der Waals surface area contributed by atoms with E-state index in [1.54, 1.807) is 0 Å². The van der Waals surface area contributed by atoms with Gasteiger partial charge in [0, 0.05) is 12.5 Å². The molecule has 0 radical (unpaired) electrons. The third-order valence-corrected chi connectivity index (χ3v) is 3.60. The lowest BCUT2D eigenvalue weighted by atomic mass is 9.94. The smallest absolute Gasteiger partial charge is 0.273 e. The van der Waals surface area contributed by atoms with Crippen molar-refractivity contribution in [2.45, 2.75) is 19.3 Å². The molecule has 1 aliphatic rings. The second-order valence-electron chi connectivity index (χ2n) is 5.09. The molecule has 2 rings (SSSR count). The lowest BCUT2D eigenvalue weighted by Gasteiger charge is -2.22. The maximum Gasteiger partial charge on any atom is 0.273 e. The molecule has 2 N–H and O–H groups in total. The molecule has 1 fully saturated rings. The number of carbonyl (C=O) groups is 1. The third-order valence-electron chi connectivity index (χ3n) is 3.60. The molecule has 1 amide bonds. The Bertz CT molecular complexity index is 527. The van der Waals surface area contributed by atoms with Crippen LogP contribution in [0, 0.1) is 16.0 Å². The van der Waals surface area contributed by atoms with Crippen molar-refractivity contribution >= 4 is 17.3 Å². The van der Waals surface area contributed by atoms with Gasteiger partial charge in [-0.15, -0.1) is 0 Å². The number of nitrogens with zero attached hydrogens (tertiary/aromatic N) is 1. The van der Waals surface area contributed by atoms with E-state index < -0.39 is 4.92 Å². The number of ether oxygens (including phenoxy) is 1. The quantitative estimate of drug-likeness (QED) is 0.639. The van der Waals surface area contributed by atoms with Crippen LogP contribution in [0.25, 0.3) is 0 Å². The minimum absolute atomic E-state index is 0.0665. The van der Waals surface area contributed by atoms with E-state index in [1.807, 2.05) is 0 Å². The summed E-state index contributed by atoms with van der Waals surface area (Å²) in [5, 5.41) is 16.7. The van der Waals surface area contributed by atoms with E-state index in [-0.39, 0.29) is 11.6 Å². The van der Waals surface area contributed by atoms with E-state index in [9.17, 15) is 14.9 Å². The second-order valence-corrected chi connectivity index (χ2v) is 5.09. The molecule has 1 aromatic carbocycles. The van der Waals surface area contributed by atoms with Crippen molar-refractivity contribution in [3.8, 4) is 5.75 Å². The van der Waals surface area contributed by atoms with Crippen molar-refractivity contribution < 1.29 is 14.5 Å². The van der Waals surface area contributed by atoms with Crippen molar-refractivity contribution in [1.29, 1.82) is 0 Å². The van der Waals surface area contributed by atoms with Gasteiger partial charge in [-0.2, -0.15) is 0 Å². The van der Waals surface area contributed by atoms with Crippen LogP contribution in [-0.2, 0) is 4.79 Å². The highest BCUT2D eigenvalue weighted by atomic mass is 16.6. The summed E-state index contributed by atoms with van der Waals surface area (Å²) in [6.07, 6.45) is 2.44. The van der Waals surface area contributed by atoms with Crippen molar-refractivity contribution in [1.82, 2.24) is 5.32 Å². The molecule has 0 bridgehead atoms. The van der Waals surface area contributed by atoms with E-state index >= 15 is 0 Å². The summed E-state index contributed by atoms with van der Waals surface area (Å²) in [4.78, 5) is 22.3. The Morgan fingerprint density at radius 2 is 2.19 bits per heavy atom. The van der Waals surface area contributed by atoms with Crippen LogP contribution in [0.4, 0.5) is 11.4 Å². The zero-order chi connectivity index (χ0) is 15.2. The maximum atomic E-state index is 12.0. The molecule has 0 unspecified atom stereocenters. The number of benzene rings is 1. The number of carbonyl (C=O) groups excluding carboxylic acids is 1. The summed E-state index contributed by atoms with van der Waals surface area (Å²) in [6, 6.07) is 4.15. The summed E-state index contributed by atoms with van der Waals surface area (Å²) >= 11 is 0. The zero-order valence-corrected chi connectivity index (χ0v) is 11.9. The standard InChI is InChI=1S/C14H19N3O4/c1-21-13-9-11(17(19)20)2-3-12(13)16-14(18)8-10-4-6-15-7-5-10/h2-3,9-10,15H,4-8H2,1H3,(H,16,18). The molecule has 1 saturated heterocycles. The van der Waals surface area contributed by atoms with Gasteiger partial charge in [-0.05, 0) is 37.9 Å². The van der Waals surface area contributed by atoms with Gasteiger partial charge in [-0.25, -0.2) is 0 Å². The Kier molecular flexibility index (Phi) is 5.10. The molecule has 0 aromatic heterocycles. The van der Waals surface area contributed by atoms with Crippen LogP contribution >= 0.6 is 0 Å². The van der Waals surface area contributed by atoms with Gasteiger partial charge in [0.1, 0.15) is 5.75 Å². The van der Waals surface area contributed by atoms with Gasteiger partial charge in [0.05, 0.1) is 23.8 Å². The minimum Gasteiger partial charge on any atom is -0.494 e. The normalized spacial score (nSPS) is 15.5. The number of piperidine rings is 1. The molecule has 21 heavy (non-hydrogen) atoms. The van der Waals surface area contributed by atoms with Crippen LogP contribution in [-0.4, -0.2) is 31.0 Å². The molecule has 1 aromatic rings. The van der Waals surface area contributed by atoms with E-state index in [2.05, 4.69) is 10.6 Å². The van der Waals surface area contributed by atoms with Gasteiger partial charge in [-0.3, -0.25) is 14.9 Å². The van der Waals surface area contributed by atoms with Gasteiger partial charge >= 0.3 is 0 Å². The molecule has 7 heteroatoms. The molecule has 0 spiro atoms. The van der Waals surface area contributed by atoms with Crippen molar-refractivity contribution in [3.63, 3.8) is 0 Å². The summed E-state index contributed by atoms with van der Waals surface area (Å²) in [7, 11) is 1.42. The number of anilines is 1. The predicted octanol–water partition coefficient (Wildman–Crippen LogP) is 1.93. The van der Waals surface area contributed by atoms with Gasteiger partial charge in [-0.1, -0.05) is 0 Å². The van der Waals surface area contributed by atoms with Crippen LogP contribution < -0.4 is 15.4 Å². The van der Waals surface area contributed by atoms with Gasteiger partial charge in [0.2, 0.25) is 5.91 Å². The monoisotopic (exact) mass is 293 g/mol. The maximum absolute atomic E-state index is 12.0. The van der Waals surface area contributed by atoms with Crippen molar-refractivity contribution in [3.05, 3.63) is 28.3 Å². The number of nitrogens with one attached hydrogen (secondary N) is 2. The highest BCUT2D eigenvalue weighted by Crippen LogP contribution is 2.29.